The normalized spacial score (nSPS) is 12.5. The lowest BCUT2D eigenvalue weighted by Gasteiger charge is -2.15. The number of fused-ring (bicyclic) bond motifs is 1. The van der Waals surface area contributed by atoms with Crippen LogP contribution in [0.4, 0.5) is 13.2 Å². The van der Waals surface area contributed by atoms with E-state index >= 15 is 0 Å². The van der Waals surface area contributed by atoms with Gasteiger partial charge in [0.25, 0.3) is 0 Å². The van der Waals surface area contributed by atoms with Crippen LogP contribution < -0.4 is 4.74 Å². The molecule has 0 aliphatic heterocycles. The summed E-state index contributed by atoms with van der Waals surface area (Å²) in [5.41, 5.74) is -0.845. The number of nitrogens with zero attached hydrogens (tertiary/aromatic N) is 2. The number of aromatic carboxylic acids is 1. The van der Waals surface area contributed by atoms with E-state index in [-0.39, 0.29) is 29.4 Å². The number of hydrogen-bond acceptors (Lipinski definition) is 5. The van der Waals surface area contributed by atoms with Crippen LogP contribution in [0.2, 0.25) is 25.7 Å². The van der Waals surface area contributed by atoms with Crippen LogP contribution in [0.3, 0.4) is 0 Å². The number of carbonyl (C=O) groups is 1. The van der Waals surface area contributed by atoms with Gasteiger partial charge in [-0.2, -0.15) is 18.3 Å². The summed E-state index contributed by atoms with van der Waals surface area (Å²) in [5, 5.41) is 13.3. The molecule has 7 nitrogen and oxygen atoms in total. The molecule has 3 aromatic rings. The number of aromatic nitrogens is 2. The van der Waals surface area contributed by atoms with Gasteiger partial charge in [0.05, 0.1) is 0 Å². The largest absolute Gasteiger partial charge is 0.489 e. The van der Waals surface area contributed by atoms with E-state index in [4.69, 9.17) is 13.9 Å². The molecule has 1 N–H and O–H groups in total. The van der Waals surface area contributed by atoms with Crippen molar-refractivity contribution in [1.82, 2.24) is 9.78 Å². The topological polar surface area (TPSA) is 86.7 Å². The molecule has 0 atom stereocenters. The maximum Gasteiger partial charge on any atom is 0.435 e. The first-order chi connectivity index (χ1) is 14.8. The lowest BCUT2D eigenvalue weighted by atomic mass is 10.1. The first kappa shape index (κ1) is 23.9. The number of aryl methyl sites for hydroxylation is 1. The highest BCUT2D eigenvalue weighted by atomic mass is 28.3. The Morgan fingerprint density at radius 1 is 1.28 bits per heavy atom. The summed E-state index contributed by atoms with van der Waals surface area (Å²) >= 11 is 0. The minimum absolute atomic E-state index is 0.00952. The second kappa shape index (κ2) is 8.98. The number of benzene rings is 1. The molecule has 0 radical (unpaired) electrons. The molecule has 0 saturated heterocycles. The van der Waals surface area contributed by atoms with Crippen molar-refractivity contribution in [2.75, 3.05) is 6.61 Å². The highest BCUT2D eigenvalue weighted by molar-refractivity contribution is 6.76. The Kier molecular flexibility index (Phi) is 6.70. The molecule has 2 aromatic heterocycles. The van der Waals surface area contributed by atoms with Crippen LogP contribution in [-0.4, -0.2) is 35.5 Å². The number of carboxylic acid groups (broad SMARTS) is 1. The molecule has 174 valence electrons. The van der Waals surface area contributed by atoms with E-state index in [1.54, 1.807) is 0 Å². The molecule has 0 saturated carbocycles. The van der Waals surface area contributed by atoms with Gasteiger partial charge in [-0.3, -0.25) is 0 Å². The van der Waals surface area contributed by atoms with E-state index in [1.165, 1.54) is 31.3 Å². The molecule has 1 aromatic carbocycles. The number of ether oxygens (including phenoxy) is 2. The average molecular weight is 471 g/mol. The summed E-state index contributed by atoms with van der Waals surface area (Å²) in [6.07, 6.45) is -3.40. The van der Waals surface area contributed by atoms with Gasteiger partial charge in [-0.15, -0.1) is 0 Å². The smallest absolute Gasteiger partial charge is 0.435 e. The fraction of sp³-hybridized carbons (Fsp3) is 0.429. The molecule has 32 heavy (non-hydrogen) atoms. The maximum absolute atomic E-state index is 13.4. The van der Waals surface area contributed by atoms with Gasteiger partial charge in [0, 0.05) is 31.8 Å². The van der Waals surface area contributed by atoms with Gasteiger partial charge >= 0.3 is 12.1 Å². The summed E-state index contributed by atoms with van der Waals surface area (Å²) in [4.78, 5) is 11.5. The van der Waals surface area contributed by atoms with E-state index in [0.717, 1.165) is 10.7 Å². The van der Waals surface area contributed by atoms with E-state index < -0.39 is 32.5 Å². The molecule has 11 heteroatoms. The van der Waals surface area contributed by atoms with Gasteiger partial charge in [-0.1, -0.05) is 19.6 Å². The number of rotatable bonds is 9. The van der Waals surface area contributed by atoms with E-state index in [9.17, 15) is 23.1 Å². The summed E-state index contributed by atoms with van der Waals surface area (Å²) in [5.74, 6) is -0.708. The molecule has 0 spiro atoms. The number of halogens is 3. The third-order valence-electron chi connectivity index (χ3n) is 4.77. The van der Waals surface area contributed by atoms with Crippen LogP contribution in [0, 0.1) is 6.92 Å². The van der Waals surface area contributed by atoms with Gasteiger partial charge in [-0.05, 0) is 31.2 Å². The van der Waals surface area contributed by atoms with Crippen molar-refractivity contribution in [1.29, 1.82) is 0 Å². The first-order valence-electron chi connectivity index (χ1n) is 9.95. The van der Waals surface area contributed by atoms with Crippen molar-refractivity contribution in [3.05, 3.63) is 47.0 Å². The molecule has 0 amide bonds. The molecule has 0 fully saturated rings. The fourth-order valence-corrected chi connectivity index (χ4v) is 3.88. The zero-order chi connectivity index (χ0) is 23.7. The highest BCUT2D eigenvalue weighted by Crippen LogP contribution is 2.33. The quantitative estimate of drug-likeness (QED) is 0.326. The molecular weight excluding hydrogens is 445 g/mol. The van der Waals surface area contributed by atoms with Gasteiger partial charge in [0.2, 0.25) is 0 Å². The number of carboxylic acids is 1. The Balaban J connectivity index is 1.75. The number of hydrogen-bond donors (Lipinski definition) is 1. The average Bonchev–Trinajstić information content (AvgIpc) is 3.22. The molecule has 3 rings (SSSR count). The van der Waals surface area contributed by atoms with E-state index in [2.05, 4.69) is 24.7 Å². The molecular formula is C21H25F3N2O5Si. The molecule has 0 bridgehead atoms. The second-order valence-electron chi connectivity index (χ2n) is 8.67. The Morgan fingerprint density at radius 3 is 2.62 bits per heavy atom. The van der Waals surface area contributed by atoms with Crippen LogP contribution in [0.1, 0.15) is 27.4 Å². The maximum atomic E-state index is 13.4. The Hall–Kier alpha value is -2.79. The molecule has 0 aliphatic rings. The monoisotopic (exact) mass is 470 g/mol. The van der Waals surface area contributed by atoms with Crippen molar-refractivity contribution in [2.24, 2.45) is 0 Å². The van der Waals surface area contributed by atoms with Gasteiger partial charge in [-0.25, -0.2) is 9.48 Å². The van der Waals surface area contributed by atoms with Crippen LogP contribution in [0.5, 0.6) is 5.75 Å². The van der Waals surface area contributed by atoms with Gasteiger partial charge in [0.15, 0.2) is 5.69 Å². The predicted octanol–water partition coefficient (Wildman–Crippen LogP) is 5.55. The van der Waals surface area contributed by atoms with Gasteiger partial charge in [0.1, 0.15) is 36.0 Å². The number of furan rings is 1. The summed E-state index contributed by atoms with van der Waals surface area (Å²) in [7, 11) is -1.31. The van der Waals surface area contributed by atoms with E-state index in [0.29, 0.717) is 17.6 Å². The summed E-state index contributed by atoms with van der Waals surface area (Å²) in [6, 6.07) is 5.36. The Morgan fingerprint density at radius 2 is 2.00 bits per heavy atom. The van der Waals surface area contributed by atoms with Crippen LogP contribution >= 0.6 is 0 Å². The zero-order valence-electron chi connectivity index (χ0n) is 18.2. The molecule has 0 aliphatic carbocycles. The van der Waals surface area contributed by atoms with Crippen molar-refractivity contribution in [3.63, 3.8) is 0 Å². The highest BCUT2D eigenvalue weighted by Gasteiger charge is 2.37. The van der Waals surface area contributed by atoms with Crippen molar-refractivity contribution >= 4 is 25.0 Å². The van der Waals surface area contributed by atoms with Crippen LogP contribution in [-0.2, 0) is 24.3 Å². The third kappa shape index (κ3) is 5.71. The molecule has 0 unspecified atom stereocenters. The van der Waals surface area contributed by atoms with Gasteiger partial charge < -0.3 is 19.0 Å². The third-order valence-corrected chi connectivity index (χ3v) is 6.47. The summed E-state index contributed by atoms with van der Waals surface area (Å²) in [6.45, 7) is 8.05. The minimum atomic E-state index is -4.65. The molecule has 2 heterocycles. The van der Waals surface area contributed by atoms with Crippen molar-refractivity contribution in [3.8, 4) is 5.75 Å². The SMILES string of the molecule is Cc1oc2ccc(OCc3cn(COCC[Si](C)(C)C)nc3C(F)(F)F)cc2c1C(=O)O. The van der Waals surface area contributed by atoms with Crippen LogP contribution in [0.25, 0.3) is 11.0 Å². The fourth-order valence-electron chi connectivity index (χ4n) is 3.13. The minimum Gasteiger partial charge on any atom is -0.489 e. The second-order valence-corrected chi connectivity index (χ2v) is 14.3. The number of alkyl halides is 3. The van der Waals surface area contributed by atoms with Crippen molar-refractivity contribution in [2.45, 2.75) is 52.1 Å². The Bertz CT molecular complexity index is 1120. The van der Waals surface area contributed by atoms with Crippen LogP contribution in [0.15, 0.2) is 28.8 Å². The predicted molar refractivity (Wildman–Crippen MR) is 114 cm³/mol. The first-order valence-corrected chi connectivity index (χ1v) is 13.7. The van der Waals surface area contributed by atoms with E-state index in [1.807, 2.05) is 0 Å². The van der Waals surface area contributed by atoms with Crippen molar-refractivity contribution < 1.29 is 37.0 Å². The Labute approximate surface area is 183 Å². The summed E-state index contributed by atoms with van der Waals surface area (Å²) < 4.78 is 57.9. The standard InChI is InChI=1S/C21H25F3N2O5Si/c1-13-18(20(27)28)16-9-15(5-6-17(16)31-13)30-11-14-10-26(25-19(14)21(22,23)24)12-29-7-8-32(2,3)4/h5-6,9-10H,7-8,11-12H2,1-4H3,(H,27,28). The lowest BCUT2D eigenvalue weighted by Crippen LogP contribution is -2.22. The zero-order valence-corrected chi connectivity index (χ0v) is 19.2. The lowest BCUT2D eigenvalue weighted by molar-refractivity contribution is -0.142.